The summed E-state index contributed by atoms with van der Waals surface area (Å²) in [6.07, 6.45) is 0.814. The zero-order valence-corrected chi connectivity index (χ0v) is 12.2. The minimum atomic E-state index is -0.182. The molecule has 0 bridgehead atoms. The first-order valence-corrected chi connectivity index (χ1v) is 6.98. The molecule has 2 aromatic carbocycles. The number of nitrogens with zero attached hydrogens (tertiary/aromatic N) is 1. The van der Waals surface area contributed by atoms with Gasteiger partial charge in [0.1, 0.15) is 5.75 Å². The van der Waals surface area contributed by atoms with Crippen LogP contribution in [0.5, 0.6) is 5.75 Å². The van der Waals surface area contributed by atoms with Crippen molar-refractivity contribution in [2.45, 2.75) is 20.3 Å². The molecule has 0 radical (unpaired) electrons. The second-order valence-electron chi connectivity index (χ2n) is 5.56. The number of aromatic hydroxyl groups is 1. The molecule has 0 atom stereocenters. The summed E-state index contributed by atoms with van der Waals surface area (Å²) in [6.45, 7) is 4.48. The minimum Gasteiger partial charge on any atom is -0.507 e. The Labute approximate surface area is 123 Å². The van der Waals surface area contributed by atoms with Crippen molar-refractivity contribution in [1.82, 2.24) is 0 Å². The molecule has 0 spiro atoms. The van der Waals surface area contributed by atoms with Crippen molar-refractivity contribution in [2.24, 2.45) is 0 Å². The second-order valence-corrected chi connectivity index (χ2v) is 5.56. The normalized spacial score (nSPS) is 13.3. The third kappa shape index (κ3) is 2.23. The number of rotatable bonds is 1. The number of benzene rings is 2. The minimum absolute atomic E-state index is 0.0131. The fourth-order valence-electron chi connectivity index (χ4n) is 2.75. The van der Waals surface area contributed by atoms with Crippen LogP contribution in [0.1, 0.15) is 27.0 Å². The number of nitrogens with two attached hydrogens (primary N) is 1. The van der Waals surface area contributed by atoms with Crippen LogP contribution in [0.3, 0.4) is 0 Å². The van der Waals surface area contributed by atoms with Crippen molar-refractivity contribution in [1.29, 1.82) is 0 Å². The van der Waals surface area contributed by atoms with Crippen molar-refractivity contribution in [3.63, 3.8) is 0 Å². The third-order valence-electron chi connectivity index (χ3n) is 3.99. The molecule has 0 fully saturated rings. The van der Waals surface area contributed by atoms with Gasteiger partial charge in [0, 0.05) is 17.9 Å². The summed E-state index contributed by atoms with van der Waals surface area (Å²) < 4.78 is 0. The monoisotopic (exact) mass is 282 g/mol. The van der Waals surface area contributed by atoms with Gasteiger partial charge in [-0.15, -0.1) is 0 Å². The van der Waals surface area contributed by atoms with Crippen LogP contribution in [0.25, 0.3) is 0 Å². The summed E-state index contributed by atoms with van der Waals surface area (Å²) in [4.78, 5) is 14.4. The van der Waals surface area contributed by atoms with E-state index in [0.29, 0.717) is 17.8 Å². The molecule has 3 rings (SSSR count). The maximum Gasteiger partial charge on any atom is 0.262 e. The van der Waals surface area contributed by atoms with E-state index in [1.165, 1.54) is 0 Å². The van der Waals surface area contributed by atoms with Gasteiger partial charge in [-0.3, -0.25) is 4.79 Å². The maximum absolute atomic E-state index is 12.7. The Hall–Kier alpha value is -2.49. The molecule has 1 amide bonds. The van der Waals surface area contributed by atoms with E-state index in [2.05, 4.69) is 0 Å². The second kappa shape index (κ2) is 4.81. The SMILES string of the molecule is Cc1ccc(O)c(C(=O)N2CCc3cc(C)c(N)cc32)c1. The third-order valence-corrected chi connectivity index (χ3v) is 3.99. The molecule has 0 unspecified atom stereocenters. The summed E-state index contributed by atoms with van der Waals surface area (Å²) in [5.74, 6) is -0.169. The molecule has 21 heavy (non-hydrogen) atoms. The molecule has 108 valence electrons. The standard InChI is InChI=1S/C17H18N2O2/c1-10-3-4-16(20)13(7-10)17(21)19-6-5-12-8-11(2)14(18)9-15(12)19/h3-4,7-9,20H,5-6,18H2,1-2H3. The van der Waals surface area contributed by atoms with Crippen molar-refractivity contribution < 1.29 is 9.90 Å². The molecule has 2 aromatic rings. The van der Waals surface area contributed by atoms with E-state index in [0.717, 1.165) is 28.8 Å². The fourth-order valence-corrected chi connectivity index (χ4v) is 2.75. The highest BCUT2D eigenvalue weighted by molar-refractivity contribution is 6.09. The van der Waals surface area contributed by atoms with Crippen LogP contribution in [0.2, 0.25) is 0 Å². The van der Waals surface area contributed by atoms with Gasteiger partial charge in [0.25, 0.3) is 5.91 Å². The number of amides is 1. The van der Waals surface area contributed by atoms with Crippen molar-refractivity contribution in [2.75, 3.05) is 17.2 Å². The first-order valence-electron chi connectivity index (χ1n) is 6.98. The molecule has 4 nitrogen and oxygen atoms in total. The number of aryl methyl sites for hydroxylation is 2. The first kappa shape index (κ1) is 13.5. The molecule has 1 heterocycles. The number of carbonyl (C=O) groups excluding carboxylic acids is 1. The first-order chi connectivity index (χ1) is 9.97. The van der Waals surface area contributed by atoms with E-state index >= 15 is 0 Å². The van der Waals surface area contributed by atoms with E-state index in [9.17, 15) is 9.90 Å². The maximum atomic E-state index is 12.7. The van der Waals surface area contributed by atoms with Crippen molar-refractivity contribution >= 4 is 17.3 Å². The summed E-state index contributed by atoms with van der Waals surface area (Å²) >= 11 is 0. The van der Waals surface area contributed by atoms with Gasteiger partial charge in [-0.2, -0.15) is 0 Å². The molecule has 1 aliphatic rings. The Morgan fingerprint density at radius 2 is 2.00 bits per heavy atom. The summed E-state index contributed by atoms with van der Waals surface area (Å²) in [5, 5.41) is 9.94. The largest absolute Gasteiger partial charge is 0.507 e. The highest BCUT2D eigenvalue weighted by atomic mass is 16.3. The molecule has 0 aromatic heterocycles. The lowest BCUT2D eigenvalue weighted by Gasteiger charge is -2.19. The van der Waals surface area contributed by atoms with Gasteiger partial charge < -0.3 is 15.7 Å². The van der Waals surface area contributed by atoms with Gasteiger partial charge in [0.05, 0.1) is 5.56 Å². The van der Waals surface area contributed by atoms with E-state index in [1.807, 2.05) is 26.0 Å². The molecule has 0 saturated heterocycles. The average Bonchev–Trinajstić information content (AvgIpc) is 2.84. The van der Waals surface area contributed by atoms with Crippen LogP contribution in [-0.2, 0) is 6.42 Å². The van der Waals surface area contributed by atoms with E-state index in [4.69, 9.17) is 5.73 Å². The van der Waals surface area contributed by atoms with Crippen LogP contribution in [0.4, 0.5) is 11.4 Å². The molecular weight excluding hydrogens is 264 g/mol. The van der Waals surface area contributed by atoms with E-state index < -0.39 is 0 Å². The predicted octanol–water partition coefficient (Wildman–Crippen LogP) is 2.79. The molecule has 1 aliphatic heterocycles. The highest BCUT2D eigenvalue weighted by Gasteiger charge is 2.27. The lowest BCUT2D eigenvalue weighted by atomic mass is 10.1. The van der Waals surface area contributed by atoms with Crippen LogP contribution in [-0.4, -0.2) is 17.6 Å². The molecule has 0 aliphatic carbocycles. The summed E-state index contributed by atoms with van der Waals surface area (Å²) in [5.41, 5.74) is 10.9. The zero-order valence-electron chi connectivity index (χ0n) is 12.2. The number of nitrogen functional groups attached to an aromatic ring is 1. The van der Waals surface area contributed by atoms with Crippen molar-refractivity contribution in [3.05, 3.63) is 52.6 Å². The van der Waals surface area contributed by atoms with Gasteiger partial charge in [0.15, 0.2) is 0 Å². The van der Waals surface area contributed by atoms with Crippen molar-refractivity contribution in [3.8, 4) is 5.75 Å². The molecular formula is C17H18N2O2. The number of hydrogen-bond donors (Lipinski definition) is 2. The van der Waals surface area contributed by atoms with Gasteiger partial charge >= 0.3 is 0 Å². The van der Waals surface area contributed by atoms with Gasteiger partial charge in [0.2, 0.25) is 0 Å². The number of hydrogen-bond acceptors (Lipinski definition) is 3. The number of anilines is 2. The Morgan fingerprint density at radius 3 is 2.76 bits per heavy atom. The quantitative estimate of drug-likeness (QED) is 0.790. The van der Waals surface area contributed by atoms with E-state index in [-0.39, 0.29) is 11.7 Å². The Kier molecular flexibility index (Phi) is 3.09. The number of phenols is 1. The smallest absolute Gasteiger partial charge is 0.262 e. The lowest BCUT2D eigenvalue weighted by molar-refractivity contribution is 0.0986. The van der Waals surface area contributed by atoms with Gasteiger partial charge in [-0.05, 0) is 49.6 Å². The van der Waals surface area contributed by atoms with E-state index in [1.54, 1.807) is 23.1 Å². The van der Waals surface area contributed by atoms with Crippen LogP contribution >= 0.6 is 0 Å². The number of fused-ring (bicyclic) bond motifs is 1. The average molecular weight is 282 g/mol. The topological polar surface area (TPSA) is 66.6 Å². The molecule has 3 N–H and O–H groups in total. The predicted molar refractivity (Wildman–Crippen MR) is 83.8 cm³/mol. The number of phenolic OH excluding ortho intramolecular Hbond substituents is 1. The number of carbonyl (C=O) groups is 1. The summed E-state index contributed by atoms with van der Waals surface area (Å²) in [6, 6.07) is 8.94. The molecule has 0 saturated carbocycles. The van der Waals surface area contributed by atoms with Crippen LogP contribution in [0, 0.1) is 13.8 Å². The van der Waals surface area contributed by atoms with Gasteiger partial charge in [-0.25, -0.2) is 0 Å². The Balaban J connectivity index is 2.02. The fraction of sp³-hybridized carbons (Fsp3) is 0.235. The summed E-state index contributed by atoms with van der Waals surface area (Å²) in [7, 11) is 0. The van der Waals surface area contributed by atoms with Crippen LogP contribution in [0.15, 0.2) is 30.3 Å². The molecule has 4 heteroatoms. The lowest BCUT2D eigenvalue weighted by Crippen LogP contribution is -2.29. The van der Waals surface area contributed by atoms with Gasteiger partial charge in [-0.1, -0.05) is 17.7 Å². The van der Waals surface area contributed by atoms with Crippen LogP contribution < -0.4 is 10.6 Å². The Morgan fingerprint density at radius 1 is 1.24 bits per heavy atom. The zero-order chi connectivity index (χ0) is 15.1. The Bertz CT molecular complexity index is 738. The highest BCUT2D eigenvalue weighted by Crippen LogP contribution is 2.34.